The lowest BCUT2D eigenvalue weighted by Gasteiger charge is -2.40. The van der Waals surface area contributed by atoms with Crippen molar-refractivity contribution in [1.82, 2.24) is 19.9 Å². The van der Waals surface area contributed by atoms with Crippen LogP contribution < -0.4 is 15.2 Å². The number of allylic oxidation sites excluding steroid dienone is 3. The Balaban J connectivity index is 1.46. The summed E-state index contributed by atoms with van der Waals surface area (Å²) in [7, 11) is 0. The lowest BCUT2D eigenvalue weighted by atomic mass is 10.1. The second-order valence-corrected chi connectivity index (χ2v) is 8.58. The van der Waals surface area contributed by atoms with Crippen LogP contribution in [0.25, 0.3) is 5.70 Å². The molecule has 10 heteroatoms. The van der Waals surface area contributed by atoms with Gasteiger partial charge in [0.05, 0.1) is 37.2 Å². The zero-order valence-electron chi connectivity index (χ0n) is 19.2. The number of halogens is 1. The zero-order chi connectivity index (χ0) is 24.2. The standard InChI is InChI=1S/C24H25ClN6O3/c1-15(2)5-6-21(26-4)24-20(16(3)34-29-24)14-31-23(32)9-17(11-28-31)30-12-19(13-30)33-18-7-8-27-22(25)10-18/h5-11,19H,4,12-14H2,1-3H3/b21-6-. The third kappa shape index (κ3) is 5.26. The minimum Gasteiger partial charge on any atom is -0.487 e. The van der Waals surface area contributed by atoms with Crippen LogP contribution in [0.15, 0.2) is 62.6 Å². The molecular formula is C24H25ClN6O3. The molecule has 0 unspecified atom stereocenters. The number of ether oxygens (including phenoxy) is 1. The number of hydrogen-bond acceptors (Lipinski definition) is 8. The Bertz CT molecular complexity index is 1320. The Morgan fingerprint density at radius 2 is 2.15 bits per heavy atom. The number of hydrogen-bond donors (Lipinski definition) is 0. The van der Waals surface area contributed by atoms with E-state index >= 15 is 0 Å². The Morgan fingerprint density at radius 3 is 2.82 bits per heavy atom. The Kier molecular flexibility index (Phi) is 6.93. The molecule has 0 atom stereocenters. The molecule has 0 amide bonds. The summed E-state index contributed by atoms with van der Waals surface area (Å²) in [6.07, 6.45) is 7.02. The van der Waals surface area contributed by atoms with Crippen molar-refractivity contribution in [1.29, 1.82) is 0 Å². The summed E-state index contributed by atoms with van der Waals surface area (Å²) >= 11 is 5.90. The van der Waals surface area contributed by atoms with Gasteiger partial charge in [0.25, 0.3) is 5.56 Å². The van der Waals surface area contributed by atoms with E-state index in [9.17, 15) is 4.79 Å². The minimum absolute atomic E-state index is 0.000490. The highest BCUT2D eigenvalue weighted by molar-refractivity contribution is 6.29. The van der Waals surface area contributed by atoms with E-state index in [2.05, 4.69) is 26.9 Å². The first-order valence-electron chi connectivity index (χ1n) is 10.7. The summed E-state index contributed by atoms with van der Waals surface area (Å²) in [6, 6.07) is 5.01. The van der Waals surface area contributed by atoms with Gasteiger partial charge >= 0.3 is 0 Å². The van der Waals surface area contributed by atoms with Crippen molar-refractivity contribution in [2.75, 3.05) is 18.0 Å². The number of aliphatic imine (C=N–C) groups is 1. The van der Waals surface area contributed by atoms with Crippen molar-refractivity contribution in [2.45, 2.75) is 33.4 Å². The van der Waals surface area contributed by atoms with Crippen LogP contribution in [0.3, 0.4) is 0 Å². The van der Waals surface area contributed by atoms with Crippen LogP contribution >= 0.6 is 11.6 Å². The fraction of sp³-hybridized carbons (Fsp3) is 0.292. The summed E-state index contributed by atoms with van der Waals surface area (Å²) in [5, 5.41) is 8.88. The average Bonchev–Trinajstić information content (AvgIpc) is 3.12. The van der Waals surface area contributed by atoms with Crippen molar-refractivity contribution in [3.8, 4) is 5.75 Å². The highest BCUT2D eigenvalue weighted by Gasteiger charge is 2.29. The molecular weight excluding hydrogens is 456 g/mol. The van der Waals surface area contributed by atoms with Crippen molar-refractivity contribution >= 4 is 29.7 Å². The SMILES string of the molecule is C=N/C(=C\C=C(C)C)c1noc(C)c1Cn1ncc(N2CC(Oc3ccnc(Cl)c3)C2)cc1=O. The molecule has 176 valence electrons. The molecule has 0 radical (unpaired) electrons. The maximum Gasteiger partial charge on any atom is 0.269 e. The molecule has 0 saturated carbocycles. The molecule has 1 aliphatic heterocycles. The third-order valence-electron chi connectivity index (χ3n) is 5.35. The lowest BCUT2D eigenvalue weighted by Crippen LogP contribution is -2.54. The van der Waals surface area contributed by atoms with Gasteiger partial charge in [0, 0.05) is 23.9 Å². The van der Waals surface area contributed by atoms with Gasteiger partial charge in [-0.25, -0.2) is 9.67 Å². The maximum absolute atomic E-state index is 12.8. The first-order valence-corrected chi connectivity index (χ1v) is 11.1. The van der Waals surface area contributed by atoms with Crippen LogP contribution in [0, 0.1) is 6.92 Å². The van der Waals surface area contributed by atoms with Crippen molar-refractivity contribution in [3.05, 3.63) is 80.8 Å². The second-order valence-electron chi connectivity index (χ2n) is 8.19. The van der Waals surface area contributed by atoms with Gasteiger partial charge in [-0.15, -0.1) is 0 Å². The van der Waals surface area contributed by atoms with Gasteiger partial charge < -0.3 is 14.2 Å². The molecule has 0 bridgehead atoms. The summed E-state index contributed by atoms with van der Waals surface area (Å²) in [6.45, 7) is 10.9. The van der Waals surface area contributed by atoms with Crippen LogP contribution in [0.4, 0.5) is 5.69 Å². The molecule has 0 aromatic carbocycles. The monoisotopic (exact) mass is 480 g/mol. The van der Waals surface area contributed by atoms with E-state index in [0.717, 1.165) is 16.8 Å². The van der Waals surface area contributed by atoms with E-state index in [0.29, 0.717) is 41.1 Å². The van der Waals surface area contributed by atoms with Gasteiger partial charge in [0.15, 0.2) is 0 Å². The van der Waals surface area contributed by atoms with Crippen LogP contribution in [-0.4, -0.2) is 45.8 Å². The maximum atomic E-state index is 12.8. The fourth-order valence-corrected chi connectivity index (χ4v) is 3.63. The number of aryl methyl sites for hydroxylation is 1. The van der Waals surface area contributed by atoms with E-state index in [1.165, 1.54) is 4.68 Å². The van der Waals surface area contributed by atoms with Gasteiger partial charge in [-0.3, -0.25) is 9.79 Å². The van der Waals surface area contributed by atoms with Crippen LogP contribution in [0.5, 0.6) is 5.75 Å². The van der Waals surface area contributed by atoms with Gasteiger partial charge in [-0.1, -0.05) is 28.4 Å². The van der Waals surface area contributed by atoms with Crippen molar-refractivity contribution in [3.63, 3.8) is 0 Å². The highest BCUT2D eigenvalue weighted by Crippen LogP contribution is 2.25. The number of aromatic nitrogens is 4. The molecule has 0 spiro atoms. The number of rotatable bonds is 8. The molecule has 0 aliphatic carbocycles. The molecule has 4 heterocycles. The quantitative estimate of drug-likeness (QED) is 0.274. The largest absolute Gasteiger partial charge is 0.487 e. The number of anilines is 1. The van der Waals surface area contributed by atoms with Crippen LogP contribution in [-0.2, 0) is 6.54 Å². The number of nitrogens with zero attached hydrogens (tertiary/aromatic N) is 6. The Labute approximate surface area is 202 Å². The lowest BCUT2D eigenvalue weighted by molar-refractivity contribution is 0.167. The Morgan fingerprint density at radius 1 is 1.35 bits per heavy atom. The molecule has 1 saturated heterocycles. The number of pyridine rings is 1. The highest BCUT2D eigenvalue weighted by atomic mass is 35.5. The smallest absolute Gasteiger partial charge is 0.269 e. The summed E-state index contributed by atoms with van der Waals surface area (Å²) in [4.78, 5) is 22.9. The molecule has 34 heavy (non-hydrogen) atoms. The van der Waals surface area contributed by atoms with E-state index in [1.54, 1.807) is 37.5 Å². The molecule has 4 rings (SSSR count). The predicted molar refractivity (Wildman–Crippen MR) is 132 cm³/mol. The molecule has 0 N–H and O–H groups in total. The molecule has 3 aromatic heterocycles. The molecule has 3 aromatic rings. The third-order valence-corrected chi connectivity index (χ3v) is 5.56. The van der Waals surface area contributed by atoms with Gasteiger partial charge in [0.2, 0.25) is 0 Å². The van der Waals surface area contributed by atoms with E-state index in [4.69, 9.17) is 20.9 Å². The van der Waals surface area contributed by atoms with Crippen LogP contribution in [0.1, 0.15) is 30.9 Å². The van der Waals surface area contributed by atoms with Gasteiger partial charge in [0.1, 0.15) is 28.5 Å². The van der Waals surface area contributed by atoms with Crippen LogP contribution in [0.2, 0.25) is 5.15 Å². The average molecular weight is 481 g/mol. The summed E-state index contributed by atoms with van der Waals surface area (Å²) in [5.74, 6) is 1.27. The van der Waals surface area contributed by atoms with Crippen molar-refractivity contribution in [2.24, 2.45) is 4.99 Å². The molecule has 9 nitrogen and oxygen atoms in total. The summed E-state index contributed by atoms with van der Waals surface area (Å²) < 4.78 is 12.6. The first kappa shape index (κ1) is 23.4. The molecule has 1 fully saturated rings. The van der Waals surface area contributed by atoms with Crippen molar-refractivity contribution < 1.29 is 9.26 Å². The van der Waals surface area contributed by atoms with E-state index < -0.39 is 0 Å². The minimum atomic E-state index is -0.226. The second kappa shape index (κ2) is 10.0. The predicted octanol–water partition coefficient (Wildman–Crippen LogP) is 3.91. The molecule has 1 aliphatic rings. The topological polar surface area (TPSA) is 98.6 Å². The zero-order valence-corrected chi connectivity index (χ0v) is 20.0. The van der Waals surface area contributed by atoms with Gasteiger partial charge in [-0.2, -0.15) is 5.10 Å². The fourth-order valence-electron chi connectivity index (χ4n) is 3.47. The summed E-state index contributed by atoms with van der Waals surface area (Å²) in [5.41, 5.74) is 3.47. The Hall–Kier alpha value is -3.72. The first-order chi connectivity index (χ1) is 16.3. The normalized spacial score (nSPS) is 14.0. The van der Waals surface area contributed by atoms with E-state index in [-0.39, 0.29) is 18.2 Å². The van der Waals surface area contributed by atoms with E-state index in [1.807, 2.05) is 30.9 Å². The van der Waals surface area contributed by atoms with Gasteiger partial charge in [-0.05, 0) is 39.6 Å².